The number of aryl methyl sites for hydroxylation is 1. The number of carboxylic acids is 1. The predicted molar refractivity (Wildman–Crippen MR) is 69.4 cm³/mol. The smallest absolute Gasteiger partial charge is 0.353 e. The van der Waals surface area contributed by atoms with Crippen molar-refractivity contribution >= 4 is 5.97 Å². The van der Waals surface area contributed by atoms with Crippen LogP contribution in [0.4, 0.5) is 0 Å². The average Bonchev–Trinajstić information content (AvgIpc) is 3.05. The molecule has 1 heterocycles. The molecule has 2 N–H and O–H groups in total. The van der Waals surface area contributed by atoms with Crippen molar-refractivity contribution in [3.8, 4) is 17.0 Å². The molecule has 19 heavy (non-hydrogen) atoms. The third kappa shape index (κ3) is 2.45. The van der Waals surface area contributed by atoms with E-state index in [1.54, 1.807) is 0 Å². The van der Waals surface area contributed by atoms with Gasteiger partial charge >= 0.3 is 5.97 Å². The zero-order chi connectivity index (χ0) is 13.4. The van der Waals surface area contributed by atoms with Crippen molar-refractivity contribution in [1.82, 2.24) is 10.2 Å². The van der Waals surface area contributed by atoms with Gasteiger partial charge in [-0.2, -0.15) is 5.10 Å². The van der Waals surface area contributed by atoms with Gasteiger partial charge in [0.1, 0.15) is 11.4 Å². The number of H-pyrrole nitrogens is 1. The summed E-state index contributed by atoms with van der Waals surface area (Å²) in [7, 11) is 0. The van der Waals surface area contributed by atoms with E-state index in [0.29, 0.717) is 11.8 Å². The van der Waals surface area contributed by atoms with Gasteiger partial charge in [-0.05, 0) is 38.0 Å². The molecule has 5 heteroatoms. The summed E-state index contributed by atoms with van der Waals surface area (Å²) in [6, 6.07) is 7.38. The van der Waals surface area contributed by atoms with Gasteiger partial charge in [0.15, 0.2) is 0 Å². The molecule has 0 bridgehead atoms. The van der Waals surface area contributed by atoms with Crippen molar-refractivity contribution < 1.29 is 14.6 Å². The van der Waals surface area contributed by atoms with Crippen LogP contribution < -0.4 is 4.74 Å². The Morgan fingerprint density at radius 1 is 1.42 bits per heavy atom. The lowest BCUT2D eigenvalue weighted by Crippen LogP contribution is -1.98. The van der Waals surface area contributed by atoms with Crippen molar-refractivity contribution in [2.24, 2.45) is 0 Å². The fourth-order valence-electron chi connectivity index (χ4n) is 1.88. The van der Waals surface area contributed by atoms with Crippen molar-refractivity contribution in [2.75, 3.05) is 0 Å². The topological polar surface area (TPSA) is 75.2 Å². The van der Waals surface area contributed by atoms with E-state index in [9.17, 15) is 4.79 Å². The molecule has 1 fully saturated rings. The van der Waals surface area contributed by atoms with Crippen LogP contribution in [-0.4, -0.2) is 27.4 Å². The quantitative estimate of drug-likeness (QED) is 0.884. The zero-order valence-corrected chi connectivity index (χ0v) is 10.5. The number of carbonyl (C=O) groups is 1. The van der Waals surface area contributed by atoms with Gasteiger partial charge in [-0.3, -0.25) is 5.10 Å². The van der Waals surface area contributed by atoms with Crippen molar-refractivity contribution in [2.45, 2.75) is 25.9 Å². The van der Waals surface area contributed by atoms with E-state index in [0.717, 1.165) is 29.7 Å². The molecule has 1 aliphatic rings. The fraction of sp³-hybridized carbons (Fsp3) is 0.286. The number of aromatic carboxylic acids is 1. The molecule has 0 atom stereocenters. The summed E-state index contributed by atoms with van der Waals surface area (Å²) in [5.41, 5.74) is 2.58. The van der Waals surface area contributed by atoms with Gasteiger partial charge in [0.25, 0.3) is 0 Å². The number of aromatic nitrogens is 2. The second-order valence-electron chi connectivity index (χ2n) is 4.79. The second kappa shape index (κ2) is 4.42. The number of aromatic amines is 1. The maximum Gasteiger partial charge on any atom is 0.353 e. The third-order valence-corrected chi connectivity index (χ3v) is 3.04. The number of benzene rings is 1. The lowest BCUT2D eigenvalue weighted by molar-refractivity contribution is 0.0690. The highest BCUT2D eigenvalue weighted by molar-refractivity contribution is 5.87. The van der Waals surface area contributed by atoms with Crippen LogP contribution in [0.5, 0.6) is 5.75 Å². The molecule has 1 saturated carbocycles. The highest BCUT2D eigenvalue weighted by atomic mass is 16.5. The van der Waals surface area contributed by atoms with Crippen LogP contribution >= 0.6 is 0 Å². The number of carboxylic acid groups (broad SMARTS) is 1. The molecule has 2 aromatic rings. The van der Waals surface area contributed by atoms with Gasteiger partial charge in [-0.15, -0.1) is 0 Å². The van der Waals surface area contributed by atoms with Crippen LogP contribution in [0, 0.1) is 6.92 Å². The second-order valence-corrected chi connectivity index (χ2v) is 4.79. The zero-order valence-electron chi connectivity index (χ0n) is 10.5. The number of rotatable bonds is 4. The van der Waals surface area contributed by atoms with Crippen molar-refractivity contribution in [1.29, 1.82) is 0 Å². The molecule has 0 radical (unpaired) electrons. The monoisotopic (exact) mass is 258 g/mol. The normalized spacial score (nSPS) is 14.4. The van der Waals surface area contributed by atoms with Gasteiger partial charge < -0.3 is 9.84 Å². The number of nitrogens with one attached hydrogen (secondary N) is 1. The first-order chi connectivity index (χ1) is 9.13. The largest absolute Gasteiger partial charge is 0.490 e. The molecule has 0 saturated heterocycles. The minimum Gasteiger partial charge on any atom is -0.490 e. The molecule has 98 valence electrons. The van der Waals surface area contributed by atoms with Crippen LogP contribution in [0.25, 0.3) is 11.3 Å². The number of hydrogen-bond donors (Lipinski definition) is 2. The Labute approximate surface area is 110 Å². The van der Waals surface area contributed by atoms with Crippen LogP contribution in [-0.2, 0) is 0 Å². The molecule has 1 aromatic carbocycles. The molecule has 1 aromatic heterocycles. The molecular formula is C14H14N2O3. The summed E-state index contributed by atoms with van der Waals surface area (Å²) in [5, 5.41) is 15.5. The number of ether oxygens (including phenoxy) is 1. The van der Waals surface area contributed by atoms with E-state index >= 15 is 0 Å². The standard InChI is InChI=1S/C14H14N2O3/c1-8-2-5-13(19-9-3-4-9)10(6-8)11-7-12(14(17)18)16-15-11/h2,5-7,9H,3-4H2,1H3,(H,15,16)(H,17,18). The molecule has 3 rings (SSSR count). The van der Waals surface area contributed by atoms with E-state index in [1.807, 2.05) is 25.1 Å². The van der Waals surface area contributed by atoms with Gasteiger partial charge in [0, 0.05) is 5.56 Å². The first-order valence-corrected chi connectivity index (χ1v) is 6.20. The van der Waals surface area contributed by atoms with E-state index < -0.39 is 5.97 Å². The molecular weight excluding hydrogens is 244 g/mol. The highest BCUT2D eigenvalue weighted by Gasteiger charge is 2.25. The Morgan fingerprint density at radius 3 is 2.84 bits per heavy atom. The van der Waals surface area contributed by atoms with E-state index in [-0.39, 0.29) is 5.69 Å². The summed E-state index contributed by atoms with van der Waals surface area (Å²) in [6.07, 6.45) is 2.45. The Morgan fingerprint density at radius 2 is 2.21 bits per heavy atom. The molecule has 0 unspecified atom stereocenters. The maximum atomic E-state index is 10.9. The lowest BCUT2D eigenvalue weighted by atomic mass is 10.1. The Kier molecular flexibility index (Phi) is 2.74. The predicted octanol–water partition coefficient (Wildman–Crippen LogP) is 2.62. The van der Waals surface area contributed by atoms with Gasteiger partial charge in [-0.1, -0.05) is 11.6 Å². The lowest BCUT2D eigenvalue weighted by Gasteiger charge is -2.09. The Hall–Kier alpha value is -2.30. The third-order valence-electron chi connectivity index (χ3n) is 3.04. The van der Waals surface area contributed by atoms with E-state index in [2.05, 4.69) is 10.2 Å². The van der Waals surface area contributed by atoms with Crippen molar-refractivity contribution in [3.05, 3.63) is 35.5 Å². The highest BCUT2D eigenvalue weighted by Crippen LogP contribution is 2.34. The fourth-order valence-corrected chi connectivity index (χ4v) is 1.88. The van der Waals surface area contributed by atoms with Crippen LogP contribution in [0.2, 0.25) is 0 Å². The summed E-state index contributed by atoms with van der Waals surface area (Å²) in [6.45, 7) is 1.98. The van der Waals surface area contributed by atoms with E-state index in [4.69, 9.17) is 9.84 Å². The first kappa shape index (κ1) is 11.8. The molecule has 0 spiro atoms. The Bertz CT molecular complexity index is 629. The molecule has 0 aliphatic heterocycles. The van der Waals surface area contributed by atoms with E-state index in [1.165, 1.54) is 6.07 Å². The van der Waals surface area contributed by atoms with Crippen LogP contribution in [0.1, 0.15) is 28.9 Å². The minimum atomic E-state index is -1.02. The molecule has 1 aliphatic carbocycles. The SMILES string of the molecule is Cc1ccc(OC2CC2)c(-c2cc(C(=O)O)[nH]n2)c1. The van der Waals surface area contributed by atoms with Crippen molar-refractivity contribution in [3.63, 3.8) is 0 Å². The molecule has 5 nitrogen and oxygen atoms in total. The Balaban J connectivity index is 2.00. The van der Waals surface area contributed by atoms with Gasteiger partial charge in [0.05, 0.1) is 11.8 Å². The maximum absolute atomic E-state index is 10.9. The van der Waals surface area contributed by atoms with Crippen LogP contribution in [0.3, 0.4) is 0 Å². The number of hydrogen-bond acceptors (Lipinski definition) is 3. The minimum absolute atomic E-state index is 0.0777. The first-order valence-electron chi connectivity index (χ1n) is 6.20. The molecule has 0 amide bonds. The van der Waals surface area contributed by atoms with Gasteiger partial charge in [0.2, 0.25) is 0 Å². The number of nitrogens with zero attached hydrogens (tertiary/aromatic N) is 1. The summed E-state index contributed by atoms with van der Waals surface area (Å²) in [4.78, 5) is 10.9. The van der Waals surface area contributed by atoms with Crippen LogP contribution in [0.15, 0.2) is 24.3 Å². The average molecular weight is 258 g/mol. The summed E-state index contributed by atoms with van der Waals surface area (Å²) >= 11 is 0. The van der Waals surface area contributed by atoms with Gasteiger partial charge in [-0.25, -0.2) is 4.79 Å². The summed E-state index contributed by atoms with van der Waals surface area (Å²) < 4.78 is 5.83. The summed E-state index contributed by atoms with van der Waals surface area (Å²) in [5.74, 6) is -0.257.